The molecule has 1 aliphatic rings. The molecule has 0 radical (unpaired) electrons. The van der Waals surface area contributed by atoms with E-state index in [9.17, 15) is 9.90 Å². The topological polar surface area (TPSA) is 58.6 Å². The minimum absolute atomic E-state index is 0.0630. The number of carbonyl (C=O) groups is 1. The molecule has 0 bridgehead atoms. The van der Waals surface area contributed by atoms with E-state index in [1.165, 1.54) is 18.4 Å². The number of esters is 1. The minimum atomic E-state index is -0.206. The summed E-state index contributed by atoms with van der Waals surface area (Å²) in [6, 6.07) is 3.99. The molecule has 0 saturated heterocycles. The van der Waals surface area contributed by atoms with Crippen LogP contribution in [0.2, 0.25) is 0 Å². The molecule has 100 valence electrons. The van der Waals surface area contributed by atoms with Crippen molar-refractivity contribution in [1.82, 2.24) is 5.32 Å². The Morgan fingerprint density at radius 1 is 1.50 bits per heavy atom. The lowest BCUT2D eigenvalue weighted by atomic mass is 9.77. The van der Waals surface area contributed by atoms with Crippen molar-refractivity contribution < 1.29 is 14.6 Å². The monoisotopic (exact) mass is 269 g/mol. The highest BCUT2D eigenvalue weighted by Crippen LogP contribution is 2.31. The van der Waals surface area contributed by atoms with Crippen molar-refractivity contribution in [3.63, 3.8) is 0 Å². The van der Waals surface area contributed by atoms with Gasteiger partial charge in [0.05, 0.1) is 20.1 Å². The summed E-state index contributed by atoms with van der Waals surface area (Å²) in [5.41, 5.74) is -0.0630. The van der Waals surface area contributed by atoms with Gasteiger partial charge in [0.25, 0.3) is 0 Å². The Balaban J connectivity index is 1.85. The molecule has 0 atom stereocenters. The molecule has 0 amide bonds. The second-order valence-electron chi connectivity index (χ2n) is 4.77. The van der Waals surface area contributed by atoms with Gasteiger partial charge in [-0.25, -0.2) is 0 Å². The highest BCUT2D eigenvalue weighted by Gasteiger charge is 2.35. The Hall–Kier alpha value is -0.910. The second-order valence-corrected chi connectivity index (χ2v) is 6.02. The molecule has 2 rings (SSSR count). The Bertz CT molecular complexity index is 407. The molecule has 0 aromatic carbocycles. The van der Waals surface area contributed by atoms with E-state index < -0.39 is 0 Å². The summed E-state index contributed by atoms with van der Waals surface area (Å²) in [5.74, 6) is -0.206. The third-order valence-corrected chi connectivity index (χ3v) is 4.60. The summed E-state index contributed by atoms with van der Waals surface area (Å²) in [5, 5.41) is 12.8. The number of aliphatic hydroxyl groups is 1. The van der Waals surface area contributed by atoms with Crippen LogP contribution in [0.25, 0.3) is 0 Å². The molecule has 18 heavy (non-hydrogen) atoms. The van der Waals surface area contributed by atoms with Crippen LogP contribution in [-0.2, 0) is 22.5 Å². The third-order valence-electron chi connectivity index (χ3n) is 3.51. The van der Waals surface area contributed by atoms with Gasteiger partial charge in [-0.2, -0.15) is 0 Å². The summed E-state index contributed by atoms with van der Waals surface area (Å²) >= 11 is 1.62. The second kappa shape index (κ2) is 5.82. The van der Waals surface area contributed by atoms with Gasteiger partial charge in [0, 0.05) is 21.8 Å². The lowest BCUT2D eigenvalue weighted by Gasteiger charge is -2.41. The fourth-order valence-electron chi connectivity index (χ4n) is 2.10. The fourth-order valence-corrected chi connectivity index (χ4v) is 3.04. The van der Waals surface area contributed by atoms with Crippen LogP contribution >= 0.6 is 11.3 Å². The predicted octanol–water partition coefficient (Wildman–Crippen LogP) is 1.47. The SMILES string of the molecule is COC(=O)Cc1ccc(CNC2(CO)CCC2)s1. The maximum atomic E-state index is 11.1. The number of hydrogen-bond acceptors (Lipinski definition) is 5. The maximum Gasteiger partial charge on any atom is 0.310 e. The predicted molar refractivity (Wildman–Crippen MR) is 70.5 cm³/mol. The van der Waals surface area contributed by atoms with Gasteiger partial charge < -0.3 is 15.2 Å². The molecule has 4 nitrogen and oxygen atoms in total. The van der Waals surface area contributed by atoms with Crippen molar-refractivity contribution in [2.24, 2.45) is 0 Å². The first-order valence-corrected chi connectivity index (χ1v) is 6.99. The van der Waals surface area contributed by atoms with Crippen LogP contribution in [0.5, 0.6) is 0 Å². The molecular formula is C13H19NO3S. The summed E-state index contributed by atoms with van der Waals surface area (Å²) in [6.07, 6.45) is 3.62. The zero-order chi connectivity index (χ0) is 13.0. The molecule has 1 aromatic heterocycles. The zero-order valence-corrected chi connectivity index (χ0v) is 11.4. The van der Waals surface area contributed by atoms with Gasteiger partial charge in [0.15, 0.2) is 0 Å². The van der Waals surface area contributed by atoms with E-state index in [4.69, 9.17) is 0 Å². The van der Waals surface area contributed by atoms with E-state index in [2.05, 4.69) is 10.1 Å². The van der Waals surface area contributed by atoms with Crippen LogP contribution in [0.15, 0.2) is 12.1 Å². The Kier molecular flexibility index (Phi) is 4.37. The zero-order valence-electron chi connectivity index (χ0n) is 10.6. The average molecular weight is 269 g/mol. The standard InChI is InChI=1S/C13H19NO3S/c1-17-12(16)7-10-3-4-11(18-10)8-14-13(9-15)5-2-6-13/h3-4,14-15H,2,5-9H2,1H3. The maximum absolute atomic E-state index is 11.1. The summed E-state index contributed by atoms with van der Waals surface area (Å²) in [6.45, 7) is 0.958. The average Bonchev–Trinajstić information content (AvgIpc) is 2.76. The van der Waals surface area contributed by atoms with Crippen molar-refractivity contribution in [1.29, 1.82) is 0 Å². The molecule has 1 saturated carbocycles. The van der Waals surface area contributed by atoms with Crippen LogP contribution in [0.4, 0.5) is 0 Å². The van der Waals surface area contributed by atoms with E-state index >= 15 is 0 Å². The van der Waals surface area contributed by atoms with Gasteiger partial charge in [-0.1, -0.05) is 0 Å². The first kappa shape index (κ1) is 13.5. The highest BCUT2D eigenvalue weighted by molar-refractivity contribution is 7.12. The van der Waals surface area contributed by atoms with Crippen molar-refractivity contribution in [2.45, 2.75) is 37.8 Å². The summed E-state index contributed by atoms with van der Waals surface area (Å²) < 4.78 is 4.64. The van der Waals surface area contributed by atoms with Gasteiger partial charge in [-0.05, 0) is 31.4 Å². The van der Waals surface area contributed by atoms with Gasteiger partial charge in [-0.3, -0.25) is 4.79 Å². The molecule has 5 heteroatoms. The first-order chi connectivity index (χ1) is 8.67. The molecule has 1 aromatic rings. The molecule has 2 N–H and O–H groups in total. The normalized spacial score (nSPS) is 17.2. The van der Waals surface area contributed by atoms with Crippen molar-refractivity contribution in [2.75, 3.05) is 13.7 Å². The van der Waals surface area contributed by atoms with Gasteiger partial charge >= 0.3 is 5.97 Å². The highest BCUT2D eigenvalue weighted by atomic mass is 32.1. The first-order valence-electron chi connectivity index (χ1n) is 6.18. The number of carbonyl (C=O) groups excluding carboxylic acids is 1. The van der Waals surface area contributed by atoms with Crippen LogP contribution in [0.1, 0.15) is 29.0 Å². The van der Waals surface area contributed by atoms with Crippen molar-refractivity contribution in [3.8, 4) is 0 Å². The van der Waals surface area contributed by atoms with E-state index in [1.54, 1.807) is 11.3 Å². The third kappa shape index (κ3) is 3.10. The van der Waals surface area contributed by atoms with E-state index in [0.717, 1.165) is 24.3 Å². The van der Waals surface area contributed by atoms with E-state index in [0.29, 0.717) is 6.42 Å². The minimum Gasteiger partial charge on any atom is -0.469 e. The molecule has 0 unspecified atom stereocenters. The molecule has 1 heterocycles. The smallest absolute Gasteiger partial charge is 0.310 e. The number of ether oxygens (including phenoxy) is 1. The number of aliphatic hydroxyl groups excluding tert-OH is 1. The van der Waals surface area contributed by atoms with E-state index in [1.807, 2.05) is 12.1 Å². The Labute approximate surface area is 111 Å². The molecular weight excluding hydrogens is 250 g/mol. The quantitative estimate of drug-likeness (QED) is 0.768. The molecule has 0 spiro atoms. The molecule has 1 aliphatic carbocycles. The number of nitrogens with one attached hydrogen (secondary N) is 1. The molecule has 0 aliphatic heterocycles. The van der Waals surface area contributed by atoms with Gasteiger partial charge in [0.1, 0.15) is 0 Å². The Morgan fingerprint density at radius 3 is 2.78 bits per heavy atom. The van der Waals surface area contributed by atoms with Gasteiger partial charge in [-0.15, -0.1) is 11.3 Å². The largest absolute Gasteiger partial charge is 0.469 e. The van der Waals surface area contributed by atoms with Gasteiger partial charge in [0.2, 0.25) is 0 Å². The number of rotatable bonds is 6. The number of thiophene rings is 1. The number of methoxy groups -OCH3 is 1. The van der Waals surface area contributed by atoms with E-state index in [-0.39, 0.29) is 18.1 Å². The Morgan fingerprint density at radius 2 is 2.22 bits per heavy atom. The summed E-state index contributed by atoms with van der Waals surface area (Å²) in [7, 11) is 1.40. The van der Waals surface area contributed by atoms with Crippen LogP contribution in [0.3, 0.4) is 0 Å². The van der Waals surface area contributed by atoms with Crippen molar-refractivity contribution >= 4 is 17.3 Å². The van der Waals surface area contributed by atoms with Crippen LogP contribution < -0.4 is 5.32 Å². The van der Waals surface area contributed by atoms with Crippen LogP contribution in [0, 0.1) is 0 Å². The summed E-state index contributed by atoms with van der Waals surface area (Å²) in [4.78, 5) is 13.4. The molecule has 1 fully saturated rings. The fraction of sp³-hybridized carbons (Fsp3) is 0.615. The van der Waals surface area contributed by atoms with Crippen molar-refractivity contribution in [3.05, 3.63) is 21.9 Å². The lowest BCUT2D eigenvalue weighted by Crippen LogP contribution is -2.53. The number of hydrogen-bond donors (Lipinski definition) is 2. The van der Waals surface area contributed by atoms with Crippen LogP contribution in [-0.4, -0.2) is 30.3 Å². The lowest BCUT2D eigenvalue weighted by molar-refractivity contribution is -0.139.